The maximum absolute atomic E-state index is 13.0. The van der Waals surface area contributed by atoms with E-state index >= 15 is 0 Å². The molecule has 1 aromatic rings. The molecule has 2 amide bonds. The highest BCUT2D eigenvalue weighted by atomic mass is 19.4. The van der Waals surface area contributed by atoms with Crippen LogP contribution in [0.2, 0.25) is 0 Å². The quantitative estimate of drug-likeness (QED) is 0.725. The van der Waals surface area contributed by atoms with E-state index in [0.717, 1.165) is 18.2 Å². The van der Waals surface area contributed by atoms with Gasteiger partial charge in [-0.15, -0.1) is 0 Å². The SMILES string of the molecule is CCOC(=O)C[C@H](C)[C@H](NC(=O)c1ccccc1C(F)(F)F)C(N)=O. The molecule has 0 spiro atoms. The lowest BCUT2D eigenvalue weighted by molar-refractivity contribution is -0.144. The molecular formula is C16H19F3N2O4. The number of esters is 1. The van der Waals surface area contributed by atoms with Crippen LogP contribution in [0.3, 0.4) is 0 Å². The van der Waals surface area contributed by atoms with Gasteiger partial charge in [0.25, 0.3) is 5.91 Å². The number of halogens is 3. The number of amides is 2. The van der Waals surface area contributed by atoms with Gasteiger partial charge in [0, 0.05) is 0 Å². The largest absolute Gasteiger partial charge is 0.466 e. The maximum Gasteiger partial charge on any atom is 0.417 e. The van der Waals surface area contributed by atoms with Gasteiger partial charge in [-0.3, -0.25) is 14.4 Å². The van der Waals surface area contributed by atoms with Crippen molar-refractivity contribution in [2.45, 2.75) is 32.5 Å². The lowest BCUT2D eigenvalue weighted by Gasteiger charge is -2.22. The van der Waals surface area contributed by atoms with Crippen LogP contribution in [-0.2, 0) is 20.5 Å². The van der Waals surface area contributed by atoms with Gasteiger partial charge in [0.1, 0.15) is 6.04 Å². The van der Waals surface area contributed by atoms with Gasteiger partial charge in [-0.25, -0.2) is 0 Å². The van der Waals surface area contributed by atoms with Crippen LogP contribution >= 0.6 is 0 Å². The highest BCUT2D eigenvalue weighted by Gasteiger charge is 2.36. The zero-order chi connectivity index (χ0) is 19.2. The number of alkyl halides is 3. The Hall–Kier alpha value is -2.58. The first-order valence-corrected chi connectivity index (χ1v) is 7.50. The van der Waals surface area contributed by atoms with Gasteiger partial charge in [0.15, 0.2) is 0 Å². The topological polar surface area (TPSA) is 98.5 Å². The van der Waals surface area contributed by atoms with E-state index in [4.69, 9.17) is 10.5 Å². The second-order valence-corrected chi connectivity index (χ2v) is 5.38. The number of nitrogens with two attached hydrogens (primary N) is 1. The van der Waals surface area contributed by atoms with Gasteiger partial charge in [0.2, 0.25) is 5.91 Å². The molecule has 0 aromatic heterocycles. The van der Waals surface area contributed by atoms with Crippen molar-refractivity contribution < 1.29 is 32.3 Å². The van der Waals surface area contributed by atoms with Crippen molar-refractivity contribution in [3.05, 3.63) is 35.4 Å². The van der Waals surface area contributed by atoms with Crippen LogP contribution in [0.15, 0.2) is 24.3 Å². The van der Waals surface area contributed by atoms with E-state index in [1.807, 2.05) is 0 Å². The third kappa shape index (κ3) is 5.77. The van der Waals surface area contributed by atoms with Gasteiger partial charge in [-0.05, 0) is 25.0 Å². The summed E-state index contributed by atoms with van der Waals surface area (Å²) in [6.45, 7) is 3.20. The van der Waals surface area contributed by atoms with E-state index < -0.39 is 47.0 Å². The summed E-state index contributed by atoms with van der Waals surface area (Å²) in [4.78, 5) is 35.3. The third-order valence-electron chi connectivity index (χ3n) is 3.43. The Kier molecular flexibility index (Phi) is 6.96. The predicted molar refractivity (Wildman–Crippen MR) is 82.3 cm³/mol. The standard InChI is InChI=1S/C16H19F3N2O4/c1-3-25-12(22)8-9(2)13(14(20)23)21-15(24)10-6-4-5-7-11(10)16(17,18)19/h4-7,9,13H,3,8H2,1-2H3,(H2,20,23)(H,21,24)/t9-,13-/m0/s1. The Balaban J connectivity index is 2.98. The number of carbonyl (C=O) groups excluding carboxylic acids is 3. The summed E-state index contributed by atoms with van der Waals surface area (Å²) in [6, 6.07) is 2.85. The number of carbonyl (C=O) groups is 3. The fraction of sp³-hybridized carbons (Fsp3) is 0.438. The van der Waals surface area contributed by atoms with Crippen molar-refractivity contribution in [3.8, 4) is 0 Å². The second-order valence-electron chi connectivity index (χ2n) is 5.38. The van der Waals surface area contributed by atoms with Crippen molar-refractivity contribution in [2.24, 2.45) is 11.7 Å². The van der Waals surface area contributed by atoms with Gasteiger partial charge in [-0.2, -0.15) is 13.2 Å². The van der Waals surface area contributed by atoms with E-state index in [9.17, 15) is 27.6 Å². The van der Waals surface area contributed by atoms with E-state index in [1.54, 1.807) is 6.92 Å². The number of ether oxygens (including phenoxy) is 1. The maximum atomic E-state index is 13.0. The Morgan fingerprint density at radius 3 is 2.36 bits per heavy atom. The van der Waals surface area contributed by atoms with Crippen molar-refractivity contribution >= 4 is 17.8 Å². The van der Waals surface area contributed by atoms with Crippen LogP contribution < -0.4 is 11.1 Å². The first kappa shape index (κ1) is 20.5. The summed E-state index contributed by atoms with van der Waals surface area (Å²) in [5.74, 6) is -3.42. The zero-order valence-corrected chi connectivity index (χ0v) is 13.7. The Morgan fingerprint density at radius 1 is 1.24 bits per heavy atom. The molecule has 0 aliphatic heterocycles. The second kappa shape index (κ2) is 8.50. The molecule has 0 bridgehead atoms. The van der Waals surface area contributed by atoms with Gasteiger partial charge >= 0.3 is 12.1 Å². The summed E-state index contributed by atoms with van der Waals surface area (Å²) in [7, 11) is 0. The van der Waals surface area contributed by atoms with Crippen LogP contribution in [-0.4, -0.2) is 30.4 Å². The van der Waals surface area contributed by atoms with E-state index in [-0.39, 0.29) is 13.0 Å². The Labute approximate surface area is 142 Å². The van der Waals surface area contributed by atoms with Crippen LogP contribution in [0.25, 0.3) is 0 Å². The minimum atomic E-state index is -4.73. The smallest absolute Gasteiger partial charge is 0.417 e. The van der Waals surface area contributed by atoms with Gasteiger partial charge in [0.05, 0.1) is 24.2 Å². The van der Waals surface area contributed by atoms with Crippen molar-refractivity contribution in [1.29, 1.82) is 0 Å². The number of benzene rings is 1. The molecule has 138 valence electrons. The molecule has 3 N–H and O–H groups in total. The summed E-state index contributed by atoms with van der Waals surface area (Å²) in [5.41, 5.74) is 3.44. The summed E-state index contributed by atoms with van der Waals surface area (Å²) in [5, 5.41) is 2.17. The average molecular weight is 360 g/mol. The summed E-state index contributed by atoms with van der Waals surface area (Å²) in [6.07, 6.45) is -4.95. The number of primary amides is 1. The molecular weight excluding hydrogens is 341 g/mol. The first-order valence-electron chi connectivity index (χ1n) is 7.50. The van der Waals surface area contributed by atoms with Crippen LogP contribution in [0.5, 0.6) is 0 Å². The van der Waals surface area contributed by atoms with Crippen molar-refractivity contribution in [2.75, 3.05) is 6.61 Å². The molecule has 9 heteroatoms. The molecule has 0 saturated carbocycles. The highest BCUT2D eigenvalue weighted by Crippen LogP contribution is 2.31. The van der Waals surface area contributed by atoms with E-state index in [1.165, 1.54) is 13.0 Å². The van der Waals surface area contributed by atoms with Crippen LogP contribution in [0.4, 0.5) is 13.2 Å². The zero-order valence-electron chi connectivity index (χ0n) is 13.7. The fourth-order valence-corrected chi connectivity index (χ4v) is 2.24. The number of nitrogens with one attached hydrogen (secondary N) is 1. The van der Waals surface area contributed by atoms with Gasteiger partial charge in [-0.1, -0.05) is 19.1 Å². The van der Waals surface area contributed by atoms with Crippen LogP contribution in [0.1, 0.15) is 36.2 Å². The molecule has 0 saturated heterocycles. The Morgan fingerprint density at radius 2 is 1.84 bits per heavy atom. The minimum Gasteiger partial charge on any atom is -0.466 e. The van der Waals surface area contributed by atoms with E-state index in [2.05, 4.69) is 5.32 Å². The monoisotopic (exact) mass is 360 g/mol. The molecule has 1 aromatic carbocycles. The molecule has 1 rings (SSSR count). The van der Waals surface area contributed by atoms with Gasteiger partial charge < -0.3 is 15.8 Å². The molecule has 0 radical (unpaired) electrons. The lowest BCUT2D eigenvalue weighted by atomic mass is 9.96. The average Bonchev–Trinajstić information content (AvgIpc) is 2.51. The molecule has 0 aliphatic carbocycles. The molecule has 0 aliphatic rings. The molecule has 2 atom stereocenters. The van der Waals surface area contributed by atoms with Crippen molar-refractivity contribution in [1.82, 2.24) is 5.32 Å². The lowest BCUT2D eigenvalue weighted by Crippen LogP contribution is -2.49. The molecule has 0 fully saturated rings. The summed E-state index contributed by atoms with van der Waals surface area (Å²) < 4.78 is 43.7. The Bertz CT molecular complexity index is 647. The first-order chi connectivity index (χ1) is 11.6. The third-order valence-corrected chi connectivity index (χ3v) is 3.43. The number of hydrogen-bond donors (Lipinski definition) is 2. The van der Waals surface area contributed by atoms with Crippen LogP contribution in [0, 0.1) is 5.92 Å². The predicted octanol–water partition coefficient (Wildman–Crippen LogP) is 1.88. The molecule has 0 heterocycles. The van der Waals surface area contributed by atoms with E-state index in [0.29, 0.717) is 0 Å². The molecule has 25 heavy (non-hydrogen) atoms. The number of hydrogen-bond acceptors (Lipinski definition) is 4. The number of rotatable bonds is 7. The molecule has 6 nitrogen and oxygen atoms in total. The summed E-state index contributed by atoms with van der Waals surface area (Å²) >= 11 is 0. The normalized spacial score (nSPS) is 13.6. The molecule has 0 unspecified atom stereocenters. The van der Waals surface area contributed by atoms with Crippen molar-refractivity contribution in [3.63, 3.8) is 0 Å². The fourth-order valence-electron chi connectivity index (χ4n) is 2.24. The highest BCUT2D eigenvalue weighted by molar-refractivity contribution is 5.98. The minimum absolute atomic E-state index is 0.137.